The number of carbonyl (C=O) groups excluding carboxylic acids is 1. The summed E-state index contributed by atoms with van der Waals surface area (Å²) in [6, 6.07) is 10.7. The molecule has 0 radical (unpaired) electrons. The lowest BCUT2D eigenvalue weighted by Crippen LogP contribution is -2.48. The van der Waals surface area contributed by atoms with Crippen molar-refractivity contribution in [3.05, 3.63) is 47.5 Å². The van der Waals surface area contributed by atoms with Gasteiger partial charge in [0, 0.05) is 50.4 Å². The molecule has 0 unspecified atom stereocenters. The molecule has 4 rings (SSSR count). The van der Waals surface area contributed by atoms with Gasteiger partial charge in [0.2, 0.25) is 15.8 Å². The average molecular weight is 490 g/mol. The van der Waals surface area contributed by atoms with E-state index >= 15 is 0 Å². The summed E-state index contributed by atoms with van der Waals surface area (Å²) in [5.41, 5.74) is 2.17. The molecule has 2 saturated heterocycles. The molecule has 2 aromatic rings. The zero-order valence-corrected chi connectivity index (χ0v) is 20.6. The van der Waals surface area contributed by atoms with E-state index < -0.39 is 10.0 Å². The molecule has 9 nitrogen and oxygen atoms in total. The third-order valence-electron chi connectivity index (χ3n) is 6.34. The van der Waals surface area contributed by atoms with Crippen molar-refractivity contribution in [1.82, 2.24) is 9.80 Å². The summed E-state index contributed by atoms with van der Waals surface area (Å²) in [4.78, 5) is 17.1. The zero-order valence-electron chi connectivity index (χ0n) is 19.8. The predicted octanol–water partition coefficient (Wildman–Crippen LogP) is 2.21. The number of hydrogen-bond acceptors (Lipinski definition) is 7. The zero-order chi connectivity index (χ0) is 24.3. The summed E-state index contributed by atoms with van der Waals surface area (Å²) >= 11 is 0. The van der Waals surface area contributed by atoms with Crippen LogP contribution in [0, 0.1) is 0 Å². The van der Waals surface area contributed by atoms with Crippen LogP contribution in [-0.4, -0.2) is 83.9 Å². The minimum absolute atomic E-state index is 0.0424. The highest BCUT2D eigenvalue weighted by Crippen LogP contribution is 2.40. The number of hydrogen-bond donors (Lipinski definition) is 0. The van der Waals surface area contributed by atoms with E-state index in [1.165, 1.54) is 4.31 Å². The lowest BCUT2D eigenvalue weighted by atomic mass is 10.1. The Labute approximate surface area is 200 Å². The first-order chi connectivity index (χ1) is 16.4. The molecule has 2 fully saturated rings. The van der Waals surface area contributed by atoms with Crippen LogP contribution in [0.25, 0.3) is 0 Å². The molecule has 0 saturated carbocycles. The molecule has 34 heavy (non-hydrogen) atoms. The molecular formula is C24H31N3O6S. The minimum Gasteiger partial charge on any atom is -0.493 e. The van der Waals surface area contributed by atoms with Crippen molar-refractivity contribution in [3.8, 4) is 17.2 Å². The number of sulfonamides is 1. The van der Waals surface area contributed by atoms with Crippen molar-refractivity contribution in [3.63, 3.8) is 0 Å². The van der Waals surface area contributed by atoms with Crippen LogP contribution >= 0.6 is 0 Å². The summed E-state index contributed by atoms with van der Waals surface area (Å²) < 4.78 is 42.1. The summed E-state index contributed by atoms with van der Waals surface area (Å²) in [7, 11) is 1.56. The molecule has 184 valence electrons. The Bertz CT molecular complexity index is 1130. The van der Waals surface area contributed by atoms with Crippen LogP contribution in [-0.2, 0) is 16.6 Å². The third-order valence-corrected chi connectivity index (χ3v) is 8.21. The number of anilines is 1. The smallest absolute Gasteiger partial charge is 0.253 e. The Kier molecular flexibility index (Phi) is 7.18. The lowest BCUT2D eigenvalue weighted by molar-refractivity contribution is 0.0627. The number of methoxy groups -OCH3 is 3. The van der Waals surface area contributed by atoms with Gasteiger partial charge >= 0.3 is 0 Å². The van der Waals surface area contributed by atoms with E-state index in [1.807, 2.05) is 17.0 Å². The van der Waals surface area contributed by atoms with Gasteiger partial charge in [-0.25, -0.2) is 8.42 Å². The van der Waals surface area contributed by atoms with Crippen LogP contribution in [0.3, 0.4) is 0 Å². The molecule has 2 heterocycles. The number of rotatable bonds is 7. The van der Waals surface area contributed by atoms with E-state index in [1.54, 1.807) is 45.6 Å². The summed E-state index contributed by atoms with van der Waals surface area (Å²) in [5, 5.41) is 0. The molecule has 0 atom stereocenters. The highest BCUT2D eigenvalue weighted by Gasteiger charge is 2.29. The van der Waals surface area contributed by atoms with Gasteiger partial charge in [0.1, 0.15) is 0 Å². The number of amides is 1. The average Bonchev–Trinajstić information content (AvgIpc) is 3.22. The third kappa shape index (κ3) is 4.78. The molecule has 2 aliphatic rings. The first-order valence-electron chi connectivity index (χ1n) is 11.3. The number of benzene rings is 2. The van der Waals surface area contributed by atoms with E-state index in [0.717, 1.165) is 18.7 Å². The molecule has 1 amide bonds. The maximum Gasteiger partial charge on any atom is 0.253 e. The SMILES string of the molecule is COc1ccc(CN2CCN(C(=O)c3ccc(N4CCCS4(=O)=O)cc3)CC2)c(OC)c1OC. The largest absolute Gasteiger partial charge is 0.493 e. The van der Waals surface area contributed by atoms with Gasteiger partial charge in [-0.2, -0.15) is 0 Å². The Morgan fingerprint density at radius 1 is 0.853 bits per heavy atom. The van der Waals surface area contributed by atoms with Gasteiger partial charge in [-0.15, -0.1) is 0 Å². The normalized spacial score (nSPS) is 18.1. The molecule has 0 aromatic heterocycles. The molecule has 2 aromatic carbocycles. The van der Waals surface area contributed by atoms with Gasteiger partial charge in [-0.05, 0) is 36.8 Å². The van der Waals surface area contributed by atoms with Gasteiger partial charge in [0.25, 0.3) is 5.91 Å². The fourth-order valence-corrected chi connectivity index (χ4v) is 6.08. The number of piperazine rings is 1. The predicted molar refractivity (Wildman–Crippen MR) is 129 cm³/mol. The van der Waals surface area contributed by atoms with E-state index in [4.69, 9.17) is 14.2 Å². The Hall–Kier alpha value is -2.98. The van der Waals surface area contributed by atoms with Crippen molar-refractivity contribution in [2.75, 3.05) is 64.1 Å². The highest BCUT2D eigenvalue weighted by molar-refractivity contribution is 7.93. The Morgan fingerprint density at radius 2 is 1.53 bits per heavy atom. The lowest BCUT2D eigenvalue weighted by Gasteiger charge is -2.35. The second-order valence-corrected chi connectivity index (χ2v) is 10.4. The van der Waals surface area contributed by atoms with Crippen molar-refractivity contribution < 1.29 is 27.4 Å². The van der Waals surface area contributed by atoms with Crippen molar-refractivity contribution >= 4 is 21.6 Å². The fourth-order valence-electron chi connectivity index (χ4n) is 4.52. The molecule has 2 aliphatic heterocycles. The first kappa shape index (κ1) is 24.2. The van der Waals surface area contributed by atoms with Crippen LogP contribution in [0.1, 0.15) is 22.3 Å². The molecule has 0 spiro atoms. The van der Waals surface area contributed by atoms with Crippen LogP contribution in [0.4, 0.5) is 5.69 Å². The van der Waals surface area contributed by atoms with Crippen LogP contribution in [0.5, 0.6) is 17.2 Å². The maximum atomic E-state index is 13.0. The molecular weight excluding hydrogens is 458 g/mol. The number of nitrogens with zero attached hydrogens (tertiary/aromatic N) is 3. The molecule has 10 heteroatoms. The standard InChI is InChI=1S/C24H31N3O6S/c1-31-21-10-7-19(22(32-2)23(21)33-3)17-25-12-14-26(15-13-25)24(28)18-5-8-20(9-6-18)27-11-4-16-34(27,29)30/h5-10H,4,11-17H2,1-3H3. The van der Waals surface area contributed by atoms with Gasteiger partial charge in [-0.1, -0.05) is 6.07 Å². The summed E-state index contributed by atoms with van der Waals surface area (Å²) in [5.74, 6) is 1.97. The Balaban J connectivity index is 1.37. The van der Waals surface area contributed by atoms with E-state index in [-0.39, 0.29) is 11.7 Å². The maximum absolute atomic E-state index is 13.0. The number of carbonyl (C=O) groups is 1. The van der Waals surface area contributed by atoms with Gasteiger partial charge < -0.3 is 19.1 Å². The molecule has 0 aliphatic carbocycles. The second kappa shape index (κ2) is 10.1. The first-order valence-corrected chi connectivity index (χ1v) is 12.9. The van der Waals surface area contributed by atoms with Crippen LogP contribution in [0.2, 0.25) is 0 Å². The van der Waals surface area contributed by atoms with Crippen molar-refractivity contribution in [1.29, 1.82) is 0 Å². The summed E-state index contributed by atoms with van der Waals surface area (Å²) in [6.07, 6.45) is 0.627. The van der Waals surface area contributed by atoms with Crippen LogP contribution in [0.15, 0.2) is 36.4 Å². The van der Waals surface area contributed by atoms with Crippen molar-refractivity contribution in [2.24, 2.45) is 0 Å². The minimum atomic E-state index is -3.23. The topological polar surface area (TPSA) is 88.6 Å². The summed E-state index contributed by atoms with van der Waals surface area (Å²) in [6.45, 7) is 3.83. The van der Waals surface area contributed by atoms with Crippen LogP contribution < -0.4 is 18.5 Å². The fraction of sp³-hybridized carbons (Fsp3) is 0.458. The van der Waals surface area contributed by atoms with Gasteiger partial charge in [0.05, 0.1) is 32.8 Å². The second-order valence-electron chi connectivity index (χ2n) is 8.35. The van der Waals surface area contributed by atoms with E-state index in [0.29, 0.717) is 61.1 Å². The van der Waals surface area contributed by atoms with Crippen molar-refractivity contribution in [2.45, 2.75) is 13.0 Å². The van der Waals surface area contributed by atoms with E-state index in [9.17, 15) is 13.2 Å². The van der Waals surface area contributed by atoms with Gasteiger partial charge in [-0.3, -0.25) is 14.0 Å². The monoisotopic (exact) mass is 489 g/mol. The highest BCUT2D eigenvalue weighted by atomic mass is 32.2. The number of ether oxygens (including phenoxy) is 3. The van der Waals surface area contributed by atoms with E-state index in [2.05, 4.69) is 4.90 Å². The quantitative estimate of drug-likeness (QED) is 0.589. The Morgan fingerprint density at radius 3 is 2.09 bits per heavy atom. The molecule has 0 N–H and O–H groups in total. The van der Waals surface area contributed by atoms with Gasteiger partial charge in [0.15, 0.2) is 11.5 Å². The molecule has 0 bridgehead atoms.